The summed E-state index contributed by atoms with van der Waals surface area (Å²) in [5, 5.41) is 4.76. The second kappa shape index (κ2) is 11.9. The van der Waals surface area contributed by atoms with Gasteiger partial charge in [-0.05, 0) is 44.6 Å². The van der Waals surface area contributed by atoms with E-state index in [4.69, 9.17) is 5.73 Å². The quantitative estimate of drug-likeness (QED) is 0.413. The van der Waals surface area contributed by atoms with Crippen molar-refractivity contribution in [2.45, 2.75) is 45.6 Å². The first-order valence-electron chi connectivity index (χ1n) is 11.6. The largest absolute Gasteiger partial charge is 0.383 e. The van der Waals surface area contributed by atoms with E-state index in [0.717, 1.165) is 31.2 Å². The Bertz CT molecular complexity index is 1150. The molecule has 10 heteroatoms. The number of hydrogen-bond donors (Lipinski definition) is 4. The number of anilines is 2. The molecule has 2 aromatic rings. The van der Waals surface area contributed by atoms with Gasteiger partial charge in [0.2, 0.25) is 5.91 Å². The molecule has 1 heterocycles. The number of carbonyl (C=O) groups excluding carboxylic acids is 2. The Labute approximate surface area is 197 Å². The molecule has 1 aliphatic carbocycles. The van der Waals surface area contributed by atoms with Crippen LogP contribution in [0.4, 0.5) is 16.3 Å². The fourth-order valence-corrected chi connectivity index (χ4v) is 4.03. The lowest BCUT2D eigenvalue weighted by atomic mass is 9.97. The number of carbonyl (C=O) groups is 2. The number of benzene rings is 1. The van der Waals surface area contributed by atoms with Crippen molar-refractivity contribution >= 4 is 23.4 Å². The predicted molar refractivity (Wildman–Crippen MR) is 132 cm³/mol. The zero-order valence-corrected chi connectivity index (χ0v) is 19.4. The first-order valence-corrected chi connectivity index (χ1v) is 11.6. The Morgan fingerprint density at radius 1 is 1.18 bits per heavy atom. The average molecular weight is 469 g/mol. The van der Waals surface area contributed by atoms with E-state index < -0.39 is 23.2 Å². The fourth-order valence-electron chi connectivity index (χ4n) is 4.03. The molecule has 1 aromatic carbocycles. The van der Waals surface area contributed by atoms with Crippen molar-refractivity contribution in [1.82, 2.24) is 20.2 Å². The van der Waals surface area contributed by atoms with Gasteiger partial charge in [-0.2, -0.15) is 0 Å². The summed E-state index contributed by atoms with van der Waals surface area (Å²) in [6.07, 6.45) is 7.08. The first-order chi connectivity index (χ1) is 16.4. The van der Waals surface area contributed by atoms with Crippen molar-refractivity contribution in [3.63, 3.8) is 0 Å². The summed E-state index contributed by atoms with van der Waals surface area (Å²) < 4.78 is 1.28. The molecular formula is C24H32N6O4. The normalized spacial score (nSPS) is 13.1. The Kier molecular flexibility index (Phi) is 8.66. The summed E-state index contributed by atoms with van der Waals surface area (Å²) in [4.78, 5) is 53.6. The summed E-state index contributed by atoms with van der Waals surface area (Å²) in [6.45, 7) is 2.35. The molecule has 1 aliphatic rings. The van der Waals surface area contributed by atoms with E-state index in [1.165, 1.54) is 10.1 Å². The molecule has 1 aromatic heterocycles. The van der Waals surface area contributed by atoms with Gasteiger partial charge in [-0.3, -0.25) is 24.5 Å². The van der Waals surface area contributed by atoms with E-state index in [0.29, 0.717) is 19.5 Å². The number of allylic oxidation sites excluding steroid dienone is 1. The SMILES string of the molecule is CCNC(=O)NC(=O)CN(CCC1=CCCCC1)c1c(N)n(Cc2ccccc2)c(=O)[nH]c1=O. The molecule has 3 rings (SSSR count). The van der Waals surface area contributed by atoms with E-state index in [1.807, 2.05) is 30.3 Å². The van der Waals surface area contributed by atoms with Crippen LogP contribution in [0.3, 0.4) is 0 Å². The number of nitrogens with two attached hydrogens (primary N) is 1. The number of H-pyrrole nitrogens is 1. The van der Waals surface area contributed by atoms with Gasteiger partial charge >= 0.3 is 11.7 Å². The number of nitrogen functional groups attached to an aromatic ring is 1. The fraction of sp³-hybridized carbons (Fsp3) is 0.417. The third kappa shape index (κ3) is 6.60. The van der Waals surface area contributed by atoms with Crippen LogP contribution in [-0.4, -0.2) is 41.1 Å². The molecule has 0 saturated heterocycles. The van der Waals surface area contributed by atoms with Crippen LogP contribution in [0.2, 0.25) is 0 Å². The molecule has 0 radical (unpaired) electrons. The molecule has 0 fully saturated rings. The molecule has 5 N–H and O–H groups in total. The van der Waals surface area contributed by atoms with Crippen LogP contribution < -0.4 is 32.5 Å². The van der Waals surface area contributed by atoms with Crippen LogP contribution in [0.1, 0.15) is 44.6 Å². The summed E-state index contributed by atoms with van der Waals surface area (Å²) in [7, 11) is 0. The highest BCUT2D eigenvalue weighted by molar-refractivity contribution is 5.96. The predicted octanol–water partition coefficient (Wildman–Crippen LogP) is 1.71. The number of nitrogens with zero attached hydrogens (tertiary/aromatic N) is 2. The van der Waals surface area contributed by atoms with Crippen LogP contribution in [0.15, 0.2) is 51.6 Å². The lowest BCUT2D eigenvalue weighted by Crippen LogP contribution is -2.47. The van der Waals surface area contributed by atoms with Crippen LogP contribution in [0.5, 0.6) is 0 Å². The van der Waals surface area contributed by atoms with E-state index >= 15 is 0 Å². The molecule has 182 valence electrons. The minimum absolute atomic E-state index is 0.0268. The second-order valence-electron chi connectivity index (χ2n) is 8.25. The Hall–Kier alpha value is -3.82. The minimum Gasteiger partial charge on any atom is -0.383 e. The molecule has 0 bridgehead atoms. The highest BCUT2D eigenvalue weighted by Crippen LogP contribution is 2.23. The van der Waals surface area contributed by atoms with Gasteiger partial charge in [-0.25, -0.2) is 9.59 Å². The first kappa shape index (κ1) is 24.8. The smallest absolute Gasteiger partial charge is 0.330 e. The molecule has 0 saturated carbocycles. The Balaban J connectivity index is 1.92. The maximum Gasteiger partial charge on any atom is 0.330 e. The Morgan fingerprint density at radius 2 is 1.94 bits per heavy atom. The van der Waals surface area contributed by atoms with Gasteiger partial charge in [0.25, 0.3) is 5.56 Å². The van der Waals surface area contributed by atoms with Gasteiger partial charge in [0.05, 0.1) is 13.1 Å². The van der Waals surface area contributed by atoms with E-state index in [9.17, 15) is 19.2 Å². The van der Waals surface area contributed by atoms with Gasteiger partial charge < -0.3 is 16.0 Å². The van der Waals surface area contributed by atoms with Gasteiger partial charge in [0.1, 0.15) is 11.5 Å². The van der Waals surface area contributed by atoms with Crippen LogP contribution in [0, 0.1) is 0 Å². The molecule has 3 amide bonds. The molecule has 0 atom stereocenters. The molecule has 0 unspecified atom stereocenters. The average Bonchev–Trinajstić information content (AvgIpc) is 2.81. The monoisotopic (exact) mass is 468 g/mol. The van der Waals surface area contributed by atoms with Gasteiger partial charge in [0, 0.05) is 13.1 Å². The summed E-state index contributed by atoms with van der Waals surface area (Å²) in [5.41, 5.74) is 7.18. The van der Waals surface area contributed by atoms with Crippen molar-refractivity contribution in [3.8, 4) is 0 Å². The van der Waals surface area contributed by atoms with Gasteiger partial charge in [-0.1, -0.05) is 42.0 Å². The molecule has 0 spiro atoms. The summed E-state index contributed by atoms with van der Waals surface area (Å²) in [6, 6.07) is 8.65. The zero-order valence-electron chi connectivity index (χ0n) is 19.4. The number of hydrogen-bond acceptors (Lipinski definition) is 6. The third-order valence-corrected chi connectivity index (χ3v) is 5.73. The minimum atomic E-state index is -0.671. The summed E-state index contributed by atoms with van der Waals surface area (Å²) >= 11 is 0. The van der Waals surface area contributed by atoms with Gasteiger partial charge in [-0.15, -0.1) is 0 Å². The topological polar surface area (TPSA) is 142 Å². The highest BCUT2D eigenvalue weighted by Gasteiger charge is 2.22. The molecule has 34 heavy (non-hydrogen) atoms. The number of amides is 3. The maximum absolute atomic E-state index is 12.8. The molecule has 10 nitrogen and oxygen atoms in total. The number of rotatable bonds is 9. The summed E-state index contributed by atoms with van der Waals surface area (Å²) in [5.74, 6) is -0.607. The van der Waals surface area contributed by atoms with Crippen molar-refractivity contribution < 1.29 is 9.59 Å². The number of nitrogens with one attached hydrogen (secondary N) is 3. The molecule has 0 aliphatic heterocycles. The Morgan fingerprint density at radius 3 is 2.62 bits per heavy atom. The second-order valence-corrected chi connectivity index (χ2v) is 8.25. The third-order valence-electron chi connectivity index (χ3n) is 5.73. The highest BCUT2D eigenvalue weighted by atomic mass is 16.2. The van der Waals surface area contributed by atoms with Crippen molar-refractivity contribution in [1.29, 1.82) is 0 Å². The van der Waals surface area contributed by atoms with Crippen molar-refractivity contribution in [2.75, 3.05) is 30.3 Å². The standard InChI is InChI=1S/C24H32N6O4/c1-2-26-23(33)27-19(31)16-29(14-13-17-9-5-3-6-10-17)20-21(25)30(24(34)28-22(20)32)15-18-11-7-4-8-12-18/h4,7-9,11-12H,2-3,5-6,10,13-16,25H2,1H3,(H,28,32,34)(H2,26,27,31,33). The van der Waals surface area contributed by atoms with E-state index in [1.54, 1.807) is 11.8 Å². The number of aromatic nitrogens is 2. The van der Waals surface area contributed by atoms with Crippen LogP contribution in [-0.2, 0) is 11.3 Å². The van der Waals surface area contributed by atoms with E-state index in [-0.39, 0.29) is 24.6 Å². The molecular weight excluding hydrogens is 436 g/mol. The lowest BCUT2D eigenvalue weighted by Gasteiger charge is -2.26. The number of urea groups is 1. The van der Waals surface area contributed by atoms with Crippen LogP contribution >= 0.6 is 0 Å². The van der Waals surface area contributed by atoms with E-state index in [2.05, 4.69) is 21.7 Å². The zero-order chi connectivity index (χ0) is 24.5. The van der Waals surface area contributed by atoms with Gasteiger partial charge in [0.15, 0.2) is 0 Å². The lowest BCUT2D eigenvalue weighted by molar-refractivity contribution is -0.118. The number of imide groups is 1. The maximum atomic E-state index is 12.8. The number of aromatic amines is 1. The van der Waals surface area contributed by atoms with Crippen LogP contribution in [0.25, 0.3) is 0 Å². The van der Waals surface area contributed by atoms with Crippen molar-refractivity contribution in [2.24, 2.45) is 0 Å². The van der Waals surface area contributed by atoms with Crippen molar-refractivity contribution in [3.05, 3.63) is 68.4 Å².